The lowest BCUT2D eigenvalue weighted by Gasteiger charge is -2.15. The van der Waals surface area contributed by atoms with E-state index in [9.17, 15) is 4.79 Å². The van der Waals surface area contributed by atoms with E-state index >= 15 is 0 Å². The van der Waals surface area contributed by atoms with E-state index in [0.717, 1.165) is 37.2 Å². The van der Waals surface area contributed by atoms with E-state index in [1.165, 1.54) is 0 Å². The number of rotatable bonds is 5. The second-order valence-corrected chi connectivity index (χ2v) is 5.03. The van der Waals surface area contributed by atoms with Gasteiger partial charge in [-0.05, 0) is 37.5 Å². The van der Waals surface area contributed by atoms with Crippen molar-refractivity contribution < 1.29 is 9.53 Å². The molecule has 1 aromatic carbocycles. The maximum atomic E-state index is 11.4. The van der Waals surface area contributed by atoms with Crippen molar-refractivity contribution in [2.45, 2.75) is 26.2 Å². The molecule has 1 aliphatic rings. The van der Waals surface area contributed by atoms with Gasteiger partial charge in [-0.3, -0.25) is 4.79 Å². The summed E-state index contributed by atoms with van der Waals surface area (Å²) in [5.74, 6) is 0.994. The fourth-order valence-corrected chi connectivity index (χ4v) is 2.27. The van der Waals surface area contributed by atoms with Crippen LogP contribution in [0.15, 0.2) is 18.2 Å². The highest BCUT2D eigenvalue weighted by Gasteiger charge is 2.19. The first kappa shape index (κ1) is 13.2. The number of aryl methyl sites for hydroxylation is 1. The molecule has 0 bridgehead atoms. The minimum atomic E-state index is 0.267. The molecule has 1 amide bonds. The van der Waals surface area contributed by atoms with Gasteiger partial charge in [0.15, 0.2) is 0 Å². The number of carbonyl (C=O) groups is 1. The van der Waals surface area contributed by atoms with Crippen molar-refractivity contribution in [1.82, 2.24) is 4.90 Å². The molecule has 1 aromatic rings. The van der Waals surface area contributed by atoms with Crippen molar-refractivity contribution in [2.75, 3.05) is 19.7 Å². The predicted octanol–water partition coefficient (Wildman–Crippen LogP) is 3.04. The van der Waals surface area contributed by atoms with Gasteiger partial charge in [0.1, 0.15) is 5.75 Å². The van der Waals surface area contributed by atoms with Gasteiger partial charge in [0.2, 0.25) is 5.91 Å². The Balaban J connectivity index is 1.75. The fraction of sp³-hybridized carbons (Fsp3) is 0.500. The molecule has 0 aliphatic carbocycles. The van der Waals surface area contributed by atoms with Crippen LogP contribution in [0.2, 0.25) is 5.02 Å². The number of hydrogen-bond donors (Lipinski definition) is 0. The lowest BCUT2D eigenvalue weighted by atomic mass is 10.2. The zero-order valence-electron chi connectivity index (χ0n) is 10.6. The van der Waals surface area contributed by atoms with E-state index in [4.69, 9.17) is 16.3 Å². The van der Waals surface area contributed by atoms with Gasteiger partial charge in [-0.15, -0.1) is 0 Å². The molecule has 0 saturated carbocycles. The molecule has 18 heavy (non-hydrogen) atoms. The van der Waals surface area contributed by atoms with Gasteiger partial charge in [0.25, 0.3) is 0 Å². The molecule has 1 fully saturated rings. The molecule has 1 saturated heterocycles. The van der Waals surface area contributed by atoms with E-state index < -0.39 is 0 Å². The average Bonchev–Trinajstić information content (AvgIpc) is 2.75. The third kappa shape index (κ3) is 3.39. The second-order valence-electron chi connectivity index (χ2n) is 4.62. The van der Waals surface area contributed by atoms with Crippen LogP contribution in [0, 0.1) is 6.92 Å². The normalized spacial score (nSPS) is 15.2. The maximum Gasteiger partial charge on any atom is 0.222 e. The summed E-state index contributed by atoms with van der Waals surface area (Å²) in [6.45, 7) is 4.27. The molecule has 2 rings (SSSR count). The van der Waals surface area contributed by atoms with Gasteiger partial charge in [-0.25, -0.2) is 0 Å². The molecule has 0 aromatic heterocycles. The summed E-state index contributed by atoms with van der Waals surface area (Å²) in [6.07, 6.45) is 2.53. The number of carbonyl (C=O) groups excluding carboxylic acids is 1. The zero-order chi connectivity index (χ0) is 13.0. The van der Waals surface area contributed by atoms with Crippen molar-refractivity contribution in [2.24, 2.45) is 0 Å². The van der Waals surface area contributed by atoms with Gasteiger partial charge in [0, 0.05) is 19.5 Å². The summed E-state index contributed by atoms with van der Waals surface area (Å²) < 4.78 is 5.64. The van der Waals surface area contributed by atoms with Gasteiger partial charge >= 0.3 is 0 Å². The highest BCUT2D eigenvalue weighted by molar-refractivity contribution is 6.32. The minimum absolute atomic E-state index is 0.267. The Hall–Kier alpha value is -1.22. The highest BCUT2D eigenvalue weighted by Crippen LogP contribution is 2.25. The Labute approximate surface area is 113 Å². The molecule has 0 N–H and O–H groups in total. The van der Waals surface area contributed by atoms with E-state index in [1.807, 2.05) is 30.0 Å². The van der Waals surface area contributed by atoms with E-state index in [2.05, 4.69) is 0 Å². The van der Waals surface area contributed by atoms with Crippen LogP contribution < -0.4 is 4.74 Å². The van der Waals surface area contributed by atoms with Crippen LogP contribution in [0.5, 0.6) is 5.75 Å². The first-order chi connectivity index (χ1) is 8.66. The van der Waals surface area contributed by atoms with Crippen molar-refractivity contribution in [3.8, 4) is 5.75 Å². The third-order valence-electron chi connectivity index (χ3n) is 3.09. The number of hydrogen-bond acceptors (Lipinski definition) is 2. The first-order valence-corrected chi connectivity index (χ1v) is 6.71. The minimum Gasteiger partial charge on any atom is -0.492 e. The smallest absolute Gasteiger partial charge is 0.222 e. The molecule has 0 spiro atoms. The topological polar surface area (TPSA) is 29.5 Å². The largest absolute Gasteiger partial charge is 0.492 e. The van der Waals surface area contributed by atoms with Crippen molar-refractivity contribution in [3.05, 3.63) is 28.8 Å². The quantitative estimate of drug-likeness (QED) is 0.768. The molecule has 98 valence electrons. The van der Waals surface area contributed by atoms with E-state index in [-0.39, 0.29) is 5.91 Å². The Morgan fingerprint density at radius 3 is 3.00 bits per heavy atom. The van der Waals surface area contributed by atoms with Crippen LogP contribution in [-0.2, 0) is 4.79 Å². The molecule has 1 heterocycles. The molecule has 3 nitrogen and oxygen atoms in total. The molecule has 4 heteroatoms. The van der Waals surface area contributed by atoms with Crippen LogP contribution in [0.25, 0.3) is 0 Å². The van der Waals surface area contributed by atoms with Crippen LogP contribution in [-0.4, -0.2) is 30.5 Å². The standard InChI is InChI=1S/C14H18ClNO2/c1-11-5-6-12(15)13(10-11)18-9-3-8-16-7-2-4-14(16)17/h5-6,10H,2-4,7-9H2,1H3. The number of halogens is 1. The van der Waals surface area contributed by atoms with Crippen LogP contribution >= 0.6 is 11.6 Å². The maximum absolute atomic E-state index is 11.4. The predicted molar refractivity (Wildman–Crippen MR) is 72.1 cm³/mol. The fourth-order valence-electron chi connectivity index (χ4n) is 2.10. The van der Waals surface area contributed by atoms with Gasteiger partial charge < -0.3 is 9.64 Å². The molecule has 0 atom stereocenters. The Bertz CT molecular complexity index is 434. The zero-order valence-corrected chi connectivity index (χ0v) is 11.4. The molecular weight excluding hydrogens is 250 g/mol. The molecule has 0 radical (unpaired) electrons. The second kappa shape index (κ2) is 6.10. The number of nitrogens with zero attached hydrogens (tertiary/aromatic N) is 1. The number of ether oxygens (including phenoxy) is 1. The SMILES string of the molecule is Cc1ccc(Cl)c(OCCCN2CCCC2=O)c1. The lowest BCUT2D eigenvalue weighted by Crippen LogP contribution is -2.26. The van der Waals surface area contributed by atoms with Crippen molar-refractivity contribution >= 4 is 17.5 Å². The molecular formula is C14H18ClNO2. The van der Waals surface area contributed by atoms with Gasteiger partial charge in [0.05, 0.1) is 11.6 Å². The Kier molecular flexibility index (Phi) is 4.48. The summed E-state index contributed by atoms with van der Waals surface area (Å²) in [5, 5.41) is 0.637. The van der Waals surface area contributed by atoms with Crippen LogP contribution in [0.4, 0.5) is 0 Å². The van der Waals surface area contributed by atoms with E-state index in [0.29, 0.717) is 18.1 Å². The first-order valence-electron chi connectivity index (χ1n) is 6.33. The lowest BCUT2D eigenvalue weighted by molar-refractivity contribution is -0.127. The summed E-state index contributed by atoms with van der Waals surface area (Å²) in [4.78, 5) is 13.3. The summed E-state index contributed by atoms with van der Waals surface area (Å²) in [6, 6.07) is 5.73. The summed E-state index contributed by atoms with van der Waals surface area (Å²) in [5.41, 5.74) is 1.13. The molecule has 0 unspecified atom stereocenters. The van der Waals surface area contributed by atoms with Crippen LogP contribution in [0.3, 0.4) is 0 Å². The highest BCUT2D eigenvalue weighted by atomic mass is 35.5. The Morgan fingerprint density at radius 2 is 2.28 bits per heavy atom. The van der Waals surface area contributed by atoms with Gasteiger partial charge in [-0.1, -0.05) is 17.7 Å². The number of benzene rings is 1. The molecule has 1 aliphatic heterocycles. The van der Waals surface area contributed by atoms with Crippen molar-refractivity contribution in [1.29, 1.82) is 0 Å². The summed E-state index contributed by atoms with van der Waals surface area (Å²) >= 11 is 6.04. The number of amides is 1. The van der Waals surface area contributed by atoms with Gasteiger partial charge in [-0.2, -0.15) is 0 Å². The summed E-state index contributed by atoms with van der Waals surface area (Å²) in [7, 11) is 0. The van der Waals surface area contributed by atoms with E-state index in [1.54, 1.807) is 0 Å². The van der Waals surface area contributed by atoms with Crippen LogP contribution in [0.1, 0.15) is 24.8 Å². The van der Waals surface area contributed by atoms with Crippen molar-refractivity contribution in [3.63, 3.8) is 0 Å². The monoisotopic (exact) mass is 267 g/mol. The Morgan fingerprint density at radius 1 is 1.44 bits per heavy atom. The number of likely N-dealkylation sites (tertiary alicyclic amines) is 1. The average molecular weight is 268 g/mol. The third-order valence-corrected chi connectivity index (χ3v) is 3.40.